The van der Waals surface area contributed by atoms with E-state index in [2.05, 4.69) is 47.0 Å². The number of fused-ring (bicyclic) bond motifs is 2. The average molecular weight is 438 g/mol. The van der Waals surface area contributed by atoms with Gasteiger partial charge in [0, 0.05) is 15.6 Å². The van der Waals surface area contributed by atoms with Gasteiger partial charge in [-0.2, -0.15) is 9.78 Å². The van der Waals surface area contributed by atoms with E-state index in [1.807, 2.05) is 24.3 Å². The number of aromatic amines is 1. The molecule has 4 aromatic rings. The Morgan fingerprint density at radius 2 is 1.82 bits per heavy atom. The molecule has 0 unspecified atom stereocenters. The maximum Gasteiger partial charge on any atom is 0.288 e. The molecule has 138 valence electrons. The molecule has 1 atom stereocenters. The fourth-order valence-corrected chi connectivity index (χ4v) is 3.59. The number of phenolic OH excluding ortho intramolecular Hbond substituents is 1. The highest BCUT2D eigenvalue weighted by Gasteiger charge is 2.34. The van der Waals surface area contributed by atoms with Gasteiger partial charge < -0.3 is 10.4 Å². The molecule has 0 aliphatic carbocycles. The van der Waals surface area contributed by atoms with Crippen molar-refractivity contribution < 1.29 is 5.11 Å². The summed E-state index contributed by atoms with van der Waals surface area (Å²) in [4.78, 5) is 12.6. The van der Waals surface area contributed by atoms with Crippen molar-refractivity contribution in [2.45, 2.75) is 6.04 Å². The molecule has 0 bridgehead atoms. The number of H-pyrrole nitrogens is 1. The van der Waals surface area contributed by atoms with Gasteiger partial charge in [-0.25, -0.2) is 5.10 Å². The molecule has 0 saturated heterocycles. The fourth-order valence-electron chi connectivity index (χ4n) is 3.33. The van der Waals surface area contributed by atoms with Crippen LogP contribution >= 0.6 is 15.9 Å². The fraction of sp³-hybridized carbons (Fsp3) is 0.0556. The molecule has 1 aliphatic heterocycles. The van der Waals surface area contributed by atoms with Gasteiger partial charge in [0.2, 0.25) is 5.95 Å². The minimum absolute atomic E-state index is 0.145. The van der Waals surface area contributed by atoms with E-state index in [4.69, 9.17) is 0 Å². The van der Waals surface area contributed by atoms with Crippen LogP contribution in [0.2, 0.25) is 0 Å². The van der Waals surface area contributed by atoms with Gasteiger partial charge in [-0.3, -0.25) is 4.79 Å². The molecular weight excluding hydrogens is 426 g/mol. The highest BCUT2D eigenvalue weighted by Crippen LogP contribution is 2.41. The van der Waals surface area contributed by atoms with Gasteiger partial charge in [0.05, 0.1) is 5.69 Å². The van der Waals surface area contributed by atoms with Crippen LogP contribution in [0, 0.1) is 0 Å². The molecule has 0 saturated carbocycles. The predicted molar refractivity (Wildman–Crippen MR) is 104 cm³/mol. The van der Waals surface area contributed by atoms with Crippen LogP contribution in [0.1, 0.15) is 17.2 Å². The minimum atomic E-state index is -0.490. The Morgan fingerprint density at radius 1 is 1.07 bits per heavy atom. The van der Waals surface area contributed by atoms with Crippen LogP contribution in [0.5, 0.6) is 5.75 Å². The summed E-state index contributed by atoms with van der Waals surface area (Å²) < 4.78 is 2.53. The van der Waals surface area contributed by atoms with Crippen LogP contribution in [0.3, 0.4) is 0 Å². The zero-order valence-electron chi connectivity index (χ0n) is 14.2. The Kier molecular flexibility index (Phi) is 3.72. The van der Waals surface area contributed by atoms with Crippen LogP contribution < -0.4 is 10.9 Å². The number of hydrogen-bond acceptors (Lipinski definition) is 7. The summed E-state index contributed by atoms with van der Waals surface area (Å²) in [6.07, 6.45) is 0. The third-order valence-corrected chi connectivity index (χ3v) is 5.12. The summed E-state index contributed by atoms with van der Waals surface area (Å²) in [6.45, 7) is 0. The third kappa shape index (κ3) is 2.57. The quantitative estimate of drug-likeness (QED) is 0.387. The first kappa shape index (κ1) is 16.6. The molecule has 5 rings (SSSR count). The van der Waals surface area contributed by atoms with Crippen molar-refractivity contribution in [3.05, 3.63) is 74.5 Å². The number of rotatable bonds is 2. The van der Waals surface area contributed by atoms with Crippen LogP contribution in [-0.4, -0.2) is 35.5 Å². The van der Waals surface area contributed by atoms with Crippen molar-refractivity contribution in [1.29, 1.82) is 0 Å². The number of halogens is 1. The number of nitrogens with zero attached hydrogens (tertiary/aromatic N) is 5. The average Bonchev–Trinajstić information content (AvgIpc) is 3.17. The monoisotopic (exact) mass is 437 g/mol. The second kappa shape index (κ2) is 6.27. The number of phenols is 1. The van der Waals surface area contributed by atoms with Crippen LogP contribution in [0.25, 0.3) is 11.3 Å². The number of benzene rings is 2. The Morgan fingerprint density at radius 3 is 2.57 bits per heavy atom. The van der Waals surface area contributed by atoms with E-state index in [-0.39, 0.29) is 11.3 Å². The zero-order chi connectivity index (χ0) is 19.3. The first-order chi connectivity index (χ1) is 13.6. The van der Waals surface area contributed by atoms with Crippen LogP contribution in [0.4, 0.5) is 11.6 Å². The van der Waals surface area contributed by atoms with Crippen molar-refractivity contribution in [3.63, 3.8) is 0 Å². The summed E-state index contributed by atoms with van der Waals surface area (Å²) >= 11 is 3.43. The Hall–Kier alpha value is -3.53. The maximum absolute atomic E-state index is 12.6. The van der Waals surface area contributed by atoms with Gasteiger partial charge >= 0.3 is 0 Å². The van der Waals surface area contributed by atoms with Crippen molar-refractivity contribution in [2.75, 3.05) is 5.32 Å². The molecule has 0 spiro atoms. The number of anilines is 2. The van der Waals surface area contributed by atoms with Gasteiger partial charge in [0.1, 0.15) is 17.5 Å². The topological polar surface area (TPSA) is 122 Å². The first-order valence-corrected chi connectivity index (χ1v) is 9.13. The highest BCUT2D eigenvalue weighted by atomic mass is 79.9. The van der Waals surface area contributed by atoms with Crippen molar-refractivity contribution in [3.8, 4) is 17.0 Å². The zero-order valence-corrected chi connectivity index (χ0v) is 15.8. The smallest absolute Gasteiger partial charge is 0.288 e. The number of aromatic nitrogens is 6. The number of aromatic hydroxyl groups is 1. The van der Waals surface area contributed by atoms with Gasteiger partial charge in [-0.05, 0) is 40.3 Å². The molecule has 2 aromatic carbocycles. The second-order valence-corrected chi connectivity index (χ2v) is 7.18. The SMILES string of the molecule is O=c1[nH]nc(-c2ccc(Br)cc2)c2c1Nc1nnnn1[C@H]2c1ccc(O)cc1. The molecule has 0 radical (unpaired) electrons. The summed E-state index contributed by atoms with van der Waals surface area (Å²) in [7, 11) is 0. The van der Waals surface area contributed by atoms with E-state index >= 15 is 0 Å². The Balaban J connectivity index is 1.81. The van der Waals surface area contributed by atoms with E-state index in [1.54, 1.807) is 28.9 Å². The lowest BCUT2D eigenvalue weighted by molar-refractivity contribution is 0.474. The van der Waals surface area contributed by atoms with Crippen molar-refractivity contribution >= 4 is 27.6 Å². The predicted octanol–water partition coefficient (Wildman–Crippen LogP) is 2.59. The van der Waals surface area contributed by atoms with E-state index < -0.39 is 6.04 Å². The first-order valence-electron chi connectivity index (χ1n) is 8.34. The van der Waals surface area contributed by atoms with Crippen molar-refractivity contribution in [2.24, 2.45) is 0 Å². The lowest BCUT2D eigenvalue weighted by Gasteiger charge is -2.27. The van der Waals surface area contributed by atoms with Crippen LogP contribution in [-0.2, 0) is 0 Å². The number of nitrogens with one attached hydrogen (secondary N) is 2. The molecule has 9 nitrogen and oxygen atoms in total. The molecule has 1 aliphatic rings. The normalized spacial score (nSPS) is 14.8. The molecule has 0 amide bonds. The van der Waals surface area contributed by atoms with E-state index in [1.165, 1.54) is 0 Å². The largest absolute Gasteiger partial charge is 0.508 e. The van der Waals surface area contributed by atoms with Gasteiger partial charge in [0.25, 0.3) is 5.56 Å². The standard InChI is InChI=1S/C18H12BrN7O2/c19-11-5-1-9(2-6-11)14-13-15(17(28)22-21-14)20-18-23-24-25-26(18)16(13)10-3-7-12(27)8-4-10/h1-8,16,27H,(H,22,28)(H,20,23,25)/t16-/m0/s1. The molecule has 10 heteroatoms. The molecule has 3 N–H and O–H groups in total. The summed E-state index contributed by atoms with van der Waals surface area (Å²) in [5, 5.41) is 31.3. The van der Waals surface area contributed by atoms with Gasteiger partial charge in [0.15, 0.2) is 0 Å². The van der Waals surface area contributed by atoms with Gasteiger partial charge in [-0.1, -0.05) is 45.3 Å². The highest BCUT2D eigenvalue weighted by molar-refractivity contribution is 9.10. The lowest BCUT2D eigenvalue weighted by Crippen LogP contribution is -2.29. The summed E-state index contributed by atoms with van der Waals surface area (Å²) in [6, 6.07) is 13.9. The van der Waals surface area contributed by atoms with E-state index in [9.17, 15) is 9.90 Å². The summed E-state index contributed by atoms with van der Waals surface area (Å²) in [5.41, 5.74) is 2.87. The maximum atomic E-state index is 12.6. The lowest BCUT2D eigenvalue weighted by atomic mass is 9.92. The second-order valence-electron chi connectivity index (χ2n) is 6.26. The molecule has 3 heterocycles. The van der Waals surface area contributed by atoms with E-state index in [0.717, 1.165) is 15.6 Å². The molecule has 0 fully saturated rings. The van der Waals surface area contributed by atoms with Gasteiger partial charge in [-0.15, -0.1) is 0 Å². The molecule has 2 aromatic heterocycles. The van der Waals surface area contributed by atoms with Crippen LogP contribution in [0.15, 0.2) is 57.8 Å². The third-order valence-electron chi connectivity index (χ3n) is 4.59. The van der Waals surface area contributed by atoms with Crippen molar-refractivity contribution in [1.82, 2.24) is 30.4 Å². The summed E-state index contributed by atoms with van der Waals surface area (Å²) in [5.74, 6) is 0.496. The Bertz CT molecular complexity index is 1230. The molecular formula is C18H12BrN7O2. The van der Waals surface area contributed by atoms with E-state index in [0.29, 0.717) is 22.9 Å². The number of tetrazole rings is 1. The minimum Gasteiger partial charge on any atom is -0.508 e. The Labute approximate surface area is 166 Å². The molecule has 28 heavy (non-hydrogen) atoms. The number of hydrogen-bond donors (Lipinski definition) is 3.